The van der Waals surface area contributed by atoms with Crippen molar-refractivity contribution in [2.45, 2.75) is 0 Å². The lowest BCUT2D eigenvalue weighted by Gasteiger charge is -2.09. The third-order valence-corrected chi connectivity index (χ3v) is 4.95. The molecule has 0 aliphatic rings. The molecule has 0 saturated carbocycles. The van der Waals surface area contributed by atoms with Crippen LogP contribution in [0.5, 0.6) is 5.75 Å². The molecule has 130 valence electrons. The van der Waals surface area contributed by atoms with Crippen molar-refractivity contribution < 1.29 is 9.53 Å². The Labute approximate surface area is 183 Å². The summed E-state index contributed by atoms with van der Waals surface area (Å²) in [5, 5.41) is 12.6. The maximum Gasteiger partial charge on any atom is 0.266 e. The minimum atomic E-state index is -0.493. The van der Waals surface area contributed by atoms with Crippen molar-refractivity contribution in [3.05, 3.63) is 59.7 Å². The number of nitriles is 1. The molecule has 0 aliphatic carbocycles. The van der Waals surface area contributed by atoms with Crippen molar-refractivity contribution in [1.29, 1.82) is 5.26 Å². The second kappa shape index (κ2) is 9.81. The summed E-state index contributed by atoms with van der Waals surface area (Å²) < 4.78 is 7.19. The van der Waals surface area contributed by atoms with Gasteiger partial charge < -0.3 is 10.1 Å². The Balaban J connectivity index is 2.25. The molecule has 26 heavy (non-hydrogen) atoms. The van der Waals surface area contributed by atoms with Gasteiger partial charge in [0.2, 0.25) is 0 Å². The van der Waals surface area contributed by atoms with E-state index in [2.05, 4.69) is 56.4 Å². The third-order valence-electron chi connectivity index (χ3n) is 3.10. The van der Waals surface area contributed by atoms with E-state index in [0.29, 0.717) is 16.5 Å². The van der Waals surface area contributed by atoms with Crippen molar-refractivity contribution in [2.75, 3.05) is 11.9 Å². The molecule has 2 aromatic rings. The fourth-order valence-corrected chi connectivity index (χ4v) is 4.22. The zero-order chi connectivity index (χ0) is 19.1. The van der Waals surface area contributed by atoms with Crippen molar-refractivity contribution in [1.82, 2.24) is 0 Å². The van der Waals surface area contributed by atoms with E-state index in [1.807, 2.05) is 18.2 Å². The lowest BCUT2D eigenvalue weighted by molar-refractivity contribution is -0.112. The van der Waals surface area contributed by atoms with Gasteiger partial charge in [-0.2, -0.15) is 5.26 Å². The van der Waals surface area contributed by atoms with Crippen molar-refractivity contribution in [3.8, 4) is 24.2 Å². The molecule has 4 nitrogen and oxygen atoms in total. The van der Waals surface area contributed by atoms with E-state index in [9.17, 15) is 10.1 Å². The maximum atomic E-state index is 12.3. The first-order chi connectivity index (χ1) is 12.4. The van der Waals surface area contributed by atoms with Crippen LogP contribution in [-0.2, 0) is 4.79 Å². The number of halogens is 3. The Hall–Kier alpha value is -1.75. The SMILES string of the molecule is C#CCOc1c(I)cc(/C=C(/C#N)C(=O)Nc2ccc(Cl)cc2)cc1I. The van der Waals surface area contributed by atoms with Gasteiger partial charge in [0.25, 0.3) is 5.91 Å². The predicted octanol–water partition coefficient (Wildman–Crippen LogP) is 5.11. The fourth-order valence-electron chi connectivity index (χ4n) is 1.96. The smallest absolute Gasteiger partial charge is 0.266 e. The fraction of sp³-hybridized carbons (Fsp3) is 0.0526. The summed E-state index contributed by atoms with van der Waals surface area (Å²) in [5.74, 6) is 2.62. The molecular weight excluding hydrogens is 577 g/mol. The first-order valence-electron chi connectivity index (χ1n) is 7.18. The molecule has 0 fully saturated rings. The van der Waals surface area contributed by atoms with E-state index in [1.165, 1.54) is 6.08 Å². The van der Waals surface area contributed by atoms with Crippen LogP contribution in [0.1, 0.15) is 5.56 Å². The van der Waals surface area contributed by atoms with Crippen LogP contribution in [0.2, 0.25) is 5.02 Å². The number of anilines is 1. The highest BCUT2D eigenvalue weighted by Gasteiger charge is 2.12. The summed E-state index contributed by atoms with van der Waals surface area (Å²) in [7, 11) is 0. The molecule has 0 aromatic heterocycles. The number of amides is 1. The number of terminal acetylenes is 1. The van der Waals surface area contributed by atoms with Gasteiger partial charge in [0.05, 0.1) is 7.14 Å². The van der Waals surface area contributed by atoms with Gasteiger partial charge in [0.1, 0.15) is 24.0 Å². The van der Waals surface area contributed by atoms with Crippen LogP contribution in [0, 0.1) is 30.8 Å². The van der Waals surface area contributed by atoms with Gasteiger partial charge in [-0.05, 0) is 93.2 Å². The molecule has 0 unspecified atom stereocenters. The lowest BCUT2D eigenvalue weighted by atomic mass is 10.1. The highest BCUT2D eigenvalue weighted by Crippen LogP contribution is 2.30. The normalized spacial score (nSPS) is 10.6. The molecule has 0 saturated heterocycles. The van der Waals surface area contributed by atoms with Crippen LogP contribution in [-0.4, -0.2) is 12.5 Å². The van der Waals surface area contributed by atoms with E-state index in [-0.39, 0.29) is 12.2 Å². The third kappa shape index (κ3) is 5.63. The van der Waals surface area contributed by atoms with Gasteiger partial charge in [0, 0.05) is 10.7 Å². The molecule has 0 radical (unpaired) electrons. The Morgan fingerprint density at radius 1 is 1.27 bits per heavy atom. The molecular formula is C19H11ClI2N2O2. The molecule has 0 spiro atoms. The molecule has 1 N–H and O–H groups in total. The Morgan fingerprint density at radius 2 is 1.88 bits per heavy atom. The molecule has 0 atom stereocenters. The van der Waals surface area contributed by atoms with Crippen LogP contribution in [0.3, 0.4) is 0 Å². The van der Waals surface area contributed by atoms with E-state index in [4.69, 9.17) is 22.8 Å². The second-order valence-corrected chi connectivity index (χ2v) is 7.70. The molecule has 0 heterocycles. The number of hydrogen-bond acceptors (Lipinski definition) is 3. The second-order valence-electron chi connectivity index (χ2n) is 4.94. The first-order valence-corrected chi connectivity index (χ1v) is 9.72. The summed E-state index contributed by atoms with van der Waals surface area (Å²) in [5.41, 5.74) is 1.27. The number of benzene rings is 2. The van der Waals surface area contributed by atoms with E-state index < -0.39 is 5.91 Å². The van der Waals surface area contributed by atoms with E-state index >= 15 is 0 Å². The Morgan fingerprint density at radius 3 is 2.42 bits per heavy atom. The maximum absolute atomic E-state index is 12.3. The first kappa shape index (κ1) is 20.6. The molecule has 2 aromatic carbocycles. The number of nitrogens with one attached hydrogen (secondary N) is 1. The van der Waals surface area contributed by atoms with Gasteiger partial charge in [0.15, 0.2) is 0 Å². The average molecular weight is 589 g/mol. The predicted molar refractivity (Wildman–Crippen MR) is 120 cm³/mol. The number of nitrogens with zero attached hydrogens (tertiary/aromatic N) is 1. The standard InChI is InChI=1S/C19H11ClI2N2O2/c1-2-7-26-18-16(21)9-12(10-17(18)22)8-13(11-23)19(25)24-15-5-3-14(20)4-6-15/h1,3-6,8-10H,7H2,(H,24,25)/b13-8-. The lowest BCUT2D eigenvalue weighted by Crippen LogP contribution is -2.13. The highest BCUT2D eigenvalue weighted by molar-refractivity contribution is 14.1. The van der Waals surface area contributed by atoms with Crippen LogP contribution < -0.4 is 10.1 Å². The molecule has 0 bridgehead atoms. The zero-order valence-corrected chi connectivity index (χ0v) is 18.3. The van der Waals surface area contributed by atoms with Crippen LogP contribution in [0.25, 0.3) is 6.08 Å². The van der Waals surface area contributed by atoms with Crippen LogP contribution in [0.15, 0.2) is 42.0 Å². The van der Waals surface area contributed by atoms with Crippen molar-refractivity contribution in [2.24, 2.45) is 0 Å². The summed E-state index contributed by atoms with van der Waals surface area (Å²) in [6, 6.07) is 12.2. The zero-order valence-electron chi connectivity index (χ0n) is 13.2. The monoisotopic (exact) mass is 588 g/mol. The van der Waals surface area contributed by atoms with Gasteiger partial charge in [-0.1, -0.05) is 17.5 Å². The quantitative estimate of drug-likeness (QED) is 0.229. The van der Waals surface area contributed by atoms with Crippen molar-refractivity contribution in [3.63, 3.8) is 0 Å². The topological polar surface area (TPSA) is 62.1 Å². The van der Waals surface area contributed by atoms with E-state index in [0.717, 1.165) is 12.7 Å². The number of carbonyl (C=O) groups excluding carboxylic acids is 1. The van der Waals surface area contributed by atoms with E-state index in [1.54, 1.807) is 24.3 Å². The Bertz CT molecular complexity index is 918. The molecule has 1 amide bonds. The van der Waals surface area contributed by atoms with Crippen molar-refractivity contribution >= 4 is 74.5 Å². The summed E-state index contributed by atoms with van der Waals surface area (Å²) in [4.78, 5) is 12.3. The van der Waals surface area contributed by atoms with Gasteiger partial charge in [-0.15, -0.1) is 6.42 Å². The van der Waals surface area contributed by atoms with Gasteiger partial charge in [-0.3, -0.25) is 4.79 Å². The number of carbonyl (C=O) groups is 1. The highest BCUT2D eigenvalue weighted by atomic mass is 127. The number of ether oxygens (including phenoxy) is 1. The summed E-state index contributed by atoms with van der Waals surface area (Å²) in [6.45, 7) is 0.175. The molecule has 0 aliphatic heterocycles. The van der Waals surface area contributed by atoms with Crippen LogP contribution in [0.4, 0.5) is 5.69 Å². The van der Waals surface area contributed by atoms with Crippen LogP contribution >= 0.6 is 56.8 Å². The number of hydrogen-bond donors (Lipinski definition) is 1. The Kier molecular flexibility index (Phi) is 7.76. The summed E-state index contributed by atoms with van der Waals surface area (Å²) >= 11 is 10.1. The molecule has 7 heteroatoms. The summed E-state index contributed by atoms with van der Waals surface area (Å²) in [6.07, 6.45) is 6.75. The largest absolute Gasteiger partial charge is 0.479 e. The van der Waals surface area contributed by atoms with Gasteiger partial charge in [-0.25, -0.2) is 0 Å². The minimum absolute atomic E-state index is 0.0103. The minimum Gasteiger partial charge on any atom is -0.479 e. The average Bonchev–Trinajstić information content (AvgIpc) is 2.61. The van der Waals surface area contributed by atoms with Gasteiger partial charge >= 0.3 is 0 Å². The number of rotatable bonds is 5. The molecule has 2 rings (SSSR count).